The minimum atomic E-state index is 0.164. The van der Waals surface area contributed by atoms with E-state index in [4.69, 9.17) is 11.6 Å². The van der Waals surface area contributed by atoms with Gasteiger partial charge in [-0.1, -0.05) is 58.4 Å². The number of rotatable bonds is 4. The molecule has 2 heteroatoms. The van der Waals surface area contributed by atoms with Crippen molar-refractivity contribution in [2.75, 3.05) is 19.6 Å². The number of likely N-dealkylation sites (tertiary alicyclic amines) is 1. The smallest absolute Gasteiger partial charge is 0.0441 e. The average molecular weight is 322 g/mol. The molecule has 1 nitrogen and oxygen atoms in total. The highest BCUT2D eigenvalue weighted by Gasteiger charge is 2.19. The Morgan fingerprint density at radius 2 is 2.05 bits per heavy atom. The van der Waals surface area contributed by atoms with Gasteiger partial charge in [-0.15, -0.1) is 0 Å². The number of hydrogen-bond donors (Lipinski definition) is 0. The van der Waals surface area contributed by atoms with E-state index in [2.05, 4.69) is 57.7 Å². The van der Waals surface area contributed by atoms with Crippen molar-refractivity contribution in [1.82, 2.24) is 4.90 Å². The second kappa shape index (κ2) is 7.36. The molecule has 0 radical (unpaired) electrons. The molecule has 0 saturated carbocycles. The molecule has 0 amide bonds. The number of benzene rings is 1. The number of piperidine rings is 1. The first kappa shape index (κ1) is 17.8. The van der Waals surface area contributed by atoms with Crippen LogP contribution in [-0.2, 0) is 11.8 Å². The zero-order chi connectivity index (χ0) is 16.3. The van der Waals surface area contributed by atoms with Crippen LogP contribution >= 0.6 is 11.6 Å². The third-order valence-electron chi connectivity index (χ3n) is 4.80. The van der Waals surface area contributed by atoms with Gasteiger partial charge in [0.2, 0.25) is 0 Å². The summed E-state index contributed by atoms with van der Waals surface area (Å²) in [5, 5.41) is 0.936. The minimum absolute atomic E-state index is 0.164. The molecule has 0 aliphatic carbocycles. The Bertz CT molecular complexity index is 489. The van der Waals surface area contributed by atoms with E-state index in [1.165, 1.54) is 43.6 Å². The number of nitrogens with zero attached hydrogens (tertiary/aromatic N) is 1. The van der Waals surface area contributed by atoms with E-state index in [1.54, 1.807) is 0 Å². The number of hydrogen-bond acceptors (Lipinski definition) is 1. The van der Waals surface area contributed by atoms with Gasteiger partial charge in [-0.3, -0.25) is 0 Å². The second-order valence-corrected chi connectivity index (χ2v) is 8.78. The van der Waals surface area contributed by atoms with E-state index in [-0.39, 0.29) is 5.41 Å². The first-order valence-electron chi connectivity index (χ1n) is 8.77. The molecular formula is C20H32ClN. The summed E-state index contributed by atoms with van der Waals surface area (Å²) in [5.74, 6) is 1.51. The quantitative estimate of drug-likeness (QED) is 0.703. The first-order valence-corrected chi connectivity index (χ1v) is 9.14. The maximum atomic E-state index is 6.53. The molecule has 0 bridgehead atoms. The van der Waals surface area contributed by atoms with Gasteiger partial charge in [0.25, 0.3) is 0 Å². The Balaban J connectivity index is 1.95. The predicted octanol–water partition coefficient (Wildman–Crippen LogP) is 5.55. The van der Waals surface area contributed by atoms with Gasteiger partial charge in [-0.05, 0) is 60.3 Å². The maximum absolute atomic E-state index is 6.53. The lowest BCUT2D eigenvalue weighted by molar-refractivity contribution is 0.162. The summed E-state index contributed by atoms with van der Waals surface area (Å²) in [4.78, 5) is 2.64. The van der Waals surface area contributed by atoms with Gasteiger partial charge >= 0.3 is 0 Å². The molecule has 1 saturated heterocycles. The standard InChI is InChI=1S/C20H32ClN/c1-15-7-6-10-22(13-15)14-16(2)11-17-8-9-18(12-19(17)21)20(3,4)5/h8-9,12,15-16H,6-7,10-11,13-14H2,1-5H3. The van der Waals surface area contributed by atoms with E-state index >= 15 is 0 Å². The molecule has 0 N–H and O–H groups in total. The van der Waals surface area contributed by atoms with Crippen LogP contribution in [0.25, 0.3) is 0 Å². The fraction of sp³-hybridized carbons (Fsp3) is 0.700. The normalized spacial score (nSPS) is 21.8. The van der Waals surface area contributed by atoms with Crippen LogP contribution in [0.4, 0.5) is 0 Å². The van der Waals surface area contributed by atoms with Gasteiger partial charge in [0, 0.05) is 18.1 Å². The zero-order valence-corrected chi connectivity index (χ0v) is 15.7. The maximum Gasteiger partial charge on any atom is 0.0441 e. The highest BCUT2D eigenvalue weighted by atomic mass is 35.5. The molecule has 124 valence electrons. The van der Waals surface area contributed by atoms with Crippen LogP contribution in [0.5, 0.6) is 0 Å². The summed E-state index contributed by atoms with van der Waals surface area (Å²) < 4.78 is 0. The lowest BCUT2D eigenvalue weighted by Crippen LogP contribution is -2.37. The van der Waals surface area contributed by atoms with Crippen LogP contribution < -0.4 is 0 Å². The minimum Gasteiger partial charge on any atom is -0.303 e. The molecule has 2 rings (SSSR count). The lowest BCUT2D eigenvalue weighted by Gasteiger charge is -2.32. The SMILES string of the molecule is CC1CCCN(CC(C)Cc2ccc(C(C)(C)C)cc2Cl)C1. The molecule has 2 unspecified atom stereocenters. The lowest BCUT2D eigenvalue weighted by atomic mass is 9.86. The molecule has 1 aliphatic heterocycles. The highest BCUT2D eigenvalue weighted by molar-refractivity contribution is 6.31. The van der Waals surface area contributed by atoms with E-state index in [0.717, 1.165) is 17.4 Å². The van der Waals surface area contributed by atoms with Gasteiger partial charge in [-0.25, -0.2) is 0 Å². The van der Waals surface area contributed by atoms with Crippen molar-refractivity contribution < 1.29 is 0 Å². The topological polar surface area (TPSA) is 3.24 Å². The average Bonchev–Trinajstić information content (AvgIpc) is 2.39. The molecular weight excluding hydrogens is 290 g/mol. The van der Waals surface area contributed by atoms with Crippen molar-refractivity contribution in [2.45, 2.75) is 59.3 Å². The van der Waals surface area contributed by atoms with Crippen molar-refractivity contribution in [3.05, 3.63) is 34.3 Å². The van der Waals surface area contributed by atoms with Gasteiger partial charge in [-0.2, -0.15) is 0 Å². The van der Waals surface area contributed by atoms with Crippen molar-refractivity contribution in [3.8, 4) is 0 Å². The van der Waals surface area contributed by atoms with Crippen LogP contribution in [0.1, 0.15) is 58.6 Å². The summed E-state index contributed by atoms with van der Waals surface area (Å²) in [7, 11) is 0. The highest BCUT2D eigenvalue weighted by Crippen LogP contribution is 2.28. The van der Waals surface area contributed by atoms with Crippen LogP contribution in [0.15, 0.2) is 18.2 Å². The van der Waals surface area contributed by atoms with Crippen molar-refractivity contribution in [1.29, 1.82) is 0 Å². The molecule has 0 spiro atoms. The largest absolute Gasteiger partial charge is 0.303 e. The van der Waals surface area contributed by atoms with Crippen molar-refractivity contribution >= 4 is 11.6 Å². The predicted molar refractivity (Wildman–Crippen MR) is 97.9 cm³/mol. The summed E-state index contributed by atoms with van der Waals surface area (Å²) in [6.07, 6.45) is 3.83. The Kier molecular flexibility index (Phi) is 5.96. The van der Waals surface area contributed by atoms with E-state index < -0.39 is 0 Å². The monoisotopic (exact) mass is 321 g/mol. The fourth-order valence-electron chi connectivity index (χ4n) is 3.51. The Morgan fingerprint density at radius 1 is 1.32 bits per heavy atom. The van der Waals surface area contributed by atoms with Crippen LogP contribution in [-0.4, -0.2) is 24.5 Å². The molecule has 1 aromatic carbocycles. The van der Waals surface area contributed by atoms with Crippen molar-refractivity contribution in [3.63, 3.8) is 0 Å². The Morgan fingerprint density at radius 3 is 2.64 bits per heavy atom. The van der Waals surface area contributed by atoms with E-state index in [9.17, 15) is 0 Å². The second-order valence-electron chi connectivity index (χ2n) is 8.37. The zero-order valence-electron chi connectivity index (χ0n) is 15.0. The Labute approximate surface area is 142 Å². The molecule has 1 heterocycles. The van der Waals surface area contributed by atoms with Gasteiger partial charge in [0.15, 0.2) is 0 Å². The van der Waals surface area contributed by atoms with E-state index in [0.29, 0.717) is 5.92 Å². The summed E-state index contributed by atoms with van der Waals surface area (Å²) >= 11 is 6.53. The van der Waals surface area contributed by atoms with Crippen LogP contribution in [0.3, 0.4) is 0 Å². The third-order valence-corrected chi connectivity index (χ3v) is 5.15. The summed E-state index contributed by atoms with van der Waals surface area (Å²) in [6.45, 7) is 15.2. The van der Waals surface area contributed by atoms with E-state index in [1.807, 2.05) is 0 Å². The Hall–Kier alpha value is -0.530. The molecule has 0 aromatic heterocycles. The van der Waals surface area contributed by atoms with Crippen LogP contribution in [0.2, 0.25) is 5.02 Å². The first-order chi connectivity index (χ1) is 10.3. The van der Waals surface area contributed by atoms with Gasteiger partial charge in [0.1, 0.15) is 0 Å². The fourth-order valence-corrected chi connectivity index (χ4v) is 3.77. The van der Waals surface area contributed by atoms with Crippen LogP contribution in [0, 0.1) is 11.8 Å². The molecule has 1 aliphatic rings. The van der Waals surface area contributed by atoms with Crippen molar-refractivity contribution in [2.24, 2.45) is 11.8 Å². The molecule has 2 atom stereocenters. The molecule has 1 fully saturated rings. The number of halogens is 1. The summed E-state index contributed by atoms with van der Waals surface area (Å²) in [6, 6.07) is 6.64. The van der Waals surface area contributed by atoms with Gasteiger partial charge in [0.05, 0.1) is 0 Å². The third kappa shape index (κ3) is 4.99. The molecule has 1 aromatic rings. The molecule has 22 heavy (non-hydrogen) atoms. The van der Waals surface area contributed by atoms with Gasteiger partial charge < -0.3 is 4.90 Å². The summed E-state index contributed by atoms with van der Waals surface area (Å²) in [5.41, 5.74) is 2.78.